The number of nitrogens with one attached hydrogen (secondary N) is 2. The third kappa shape index (κ3) is 3.73. The minimum atomic E-state index is -0.138. The molecule has 7 heteroatoms. The van der Waals surface area contributed by atoms with Crippen molar-refractivity contribution in [2.75, 3.05) is 13.7 Å². The highest BCUT2D eigenvalue weighted by molar-refractivity contribution is 5.77. The number of nitrogens with zero attached hydrogens (tertiary/aromatic N) is 3. The van der Waals surface area contributed by atoms with Crippen molar-refractivity contribution in [1.29, 1.82) is 0 Å². The first kappa shape index (κ1) is 16.4. The molecule has 2 aromatic rings. The van der Waals surface area contributed by atoms with Gasteiger partial charge in [0.2, 0.25) is 0 Å². The van der Waals surface area contributed by atoms with Crippen LogP contribution in [0.25, 0.3) is 0 Å². The Morgan fingerprint density at radius 2 is 2.21 bits per heavy atom. The normalized spacial score (nSPS) is 16.5. The molecule has 1 aliphatic rings. The smallest absolute Gasteiger partial charge is 0.257 e. The van der Waals surface area contributed by atoms with Crippen LogP contribution in [0.1, 0.15) is 23.6 Å². The van der Waals surface area contributed by atoms with E-state index in [1.54, 1.807) is 7.05 Å². The topological polar surface area (TPSA) is 81.1 Å². The van der Waals surface area contributed by atoms with E-state index in [9.17, 15) is 4.79 Å². The van der Waals surface area contributed by atoms with Gasteiger partial charge < -0.3 is 19.9 Å². The molecule has 128 valence electrons. The number of likely N-dealkylation sites (N-methyl/N-ethyl adjacent to an activating group) is 1. The summed E-state index contributed by atoms with van der Waals surface area (Å²) in [6.45, 7) is 3.60. The van der Waals surface area contributed by atoms with E-state index < -0.39 is 0 Å². The molecule has 0 fully saturated rings. The van der Waals surface area contributed by atoms with E-state index in [0.29, 0.717) is 12.6 Å². The number of rotatable bonds is 6. The second-order valence-electron chi connectivity index (χ2n) is 5.96. The van der Waals surface area contributed by atoms with Crippen LogP contribution in [0.4, 0.5) is 0 Å². The van der Waals surface area contributed by atoms with E-state index in [1.807, 2.05) is 31.2 Å². The predicted octanol–water partition coefficient (Wildman–Crippen LogP) is 0.816. The van der Waals surface area contributed by atoms with Gasteiger partial charge in [0.1, 0.15) is 17.4 Å². The minimum Gasteiger partial charge on any atom is -0.483 e. The van der Waals surface area contributed by atoms with E-state index >= 15 is 0 Å². The molecule has 3 rings (SSSR count). The van der Waals surface area contributed by atoms with Crippen molar-refractivity contribution in [2.45, 2.75) is 38.9 Å². The zero-order valence-corrected chi connectivity index (χ0v) is 14.1. The van der Waals surface area contributed by atoms with Crippen LogP contribution in [0.5, 0.6) is 5.75 Å². The SMILES string of the molecule is CNC(=O)COc1ccccc1CN[C@H]1CCc2nnc(C)n2C1. The molecule has 0 bridgehead atoms. The van der Waals surface area contributed by atoms with Gasteiger partial charge in [-0.3, -0.25) is 4.79 Å². The molecule has 1 aliphatic heterocycles. The molecular formula is C17H23N5O2. The minimum absolute atomic E-state index is 0.0280. The molecule has 0 spiro atoms. The van der Waals surface area contributed by atoms with Gasteiger partial charge in [0.15, 0.2) is 6.61 Å². The van der Waals surface area contributed by atoms with E-state index in [1.165, 1.54) is 0 Å². The van der Waals surface area contributed by atoms with Gasteiger partial charge >= 0.3 is 0 Å². The quantitative estimate of drug-likeness (QED) is 0.820. The Labute approximate surface area is 141 Å². The van der Waals surface area contributed by atoms with Crippen molar-refractivity contribution in [1.82, 2.24) is 25.4 Å². The van der Waals surface area contributed by atoms with E-state index in [2.05, 4.69) is 25.4 Å². The first-order valence-corrected chi connectivity index (χ1v) is 8.20. The van der Waals surface area contributed by atoms with Crippen LogP contribution in [0.2, 0.25) is 0 Å². The number of aryl methyl sites for hydroxylation is 2. The van der Waals surface area contributed by atoms with Crippen LogP contribution >= 0.6 is 0 Å². The molecule has 0 unspecified atom stereocenters. The van der Waals surface area contributed by atoms with Gasteiger partial charge in [-0.2, -0.15) is 0 Å². The van der Waals surface area contributed by atoms with Gasteiger partial charge in [0.25, 0.3) is 5.91 Å². The summed E-state index contributed by atoms with van der Waals surface area (Å²) in [5.41, 5.74) is 1.05. The Morgan fingerprint density at radius 1 is 1.38 bits per heavy atom. The van der Waals surface area contributed by atoms with Crippen LogP contribution < -0.4 is 15.4 Å². The second kappa shape index (κ2) is 7.44. The molecule has 2 heterocycles. The Kier molecular flexibility index (Phi) is 5.10. The Bertz CT molecular complexity index is 713. The highest BCUT2D eigenvalue weighted by Gasteiger charge is 2.21. The number of ether oxygens (including phenoxy) is 1. The third-order valence-corrected chi connectivity index (χ3v) is 4.32. The second-order valence-corrected chi connectivity index (χ2v) is 5.96. The number of hydrogen-bond acceptors (Lipinski definition) is 5. The van der Waals surface area contributed by atoms with Gasteiger partial charge in [-0.05, 0) is 19.4 Å². The van der Waals surface area contributed by atoms with Crippen LogP contribution in [0.15, 0.2) is 24.3 Å². The highest BCUT2D eigenvalue weighted by Crippen LogP contribution is 2.19. The zero-order valence-electron chi connectivity index (χ0n) is 14.1. The lowest BCUT2D eigenvalue weighted by molar-refractivity contribution is -0.122. The first-order valence-electron chi connectivity index (χ1n) is 8.20. The van der Waals surface area contributed by atoms with E-state index in [4.69, 9.17) is 4.74 Å². The summed E-state index contributed by atoms with van der Waals surface area (Å²) in [7, 11) is 1.60. The fourth-order valence-corrected chi connectivity index (χ4v) is 2.89. The summed E-state index contributed by atoms with van der Waals surface area (Å²) in [5.74, 6) is 2.64. The number of hydrogen-bond donors (Lipinski definition) is 2. The maximum absolute atomic E-state index is 11.4. The summed E-state index contributed by atoms with van der Waals surface area (Å²) in [4.78, 5) is 11.4. The fraction of sp³-hybridized carbons (Fsp3) is 0.471. The van der Waals surface area contributed by atoms with Gasteiger partial charge in [-0.1, -0.05) is 18.2 Å². The summed E-state index contributed by atoms with van der Waals surface area (Å²) >= 11 is 0. The molecule has 24 heavy (non-hydrogen) atoms. The van der Waals surface area contributed by atoms with E-state index in [-0.39, 0.29) is 12.5 Å². The van der Waals surface area contributed by atoms with Crippen molar-refractivity contribution < 1.29 is 9.53 Å². The maximum Gasteiger partial charge on any atom is 0.257 e. The molecular weight excluding hydrogens is 306 g/mol. The van der Waals surface area contributed by atoms with Crippen molar-refractivity contribution in [3.05, 3.63) is 41.5 Å². The molecule has 1 aromatic heterocycles. The number of carbonyl (C=O) groups excluding carboxylic acids is 1. The first-order chi connectivity index (χ1) is 11.7. The molecule has 1 amide bonds. The largest absolute Gasteiger partial charge is 0.483 e. The standard InChI is InChI=1S/C17H23N5O2/c1-12-20-21-16-8-7-14(10-22(12)16)19-9-13-5-3-4-6-15(13)24-11-17(23)18-2/h3-6,14,19H,7-11H2,1-2H3,(H,18,23)/t14-/m0/s1. The molecule has 7 nitrogen and oxygen atoms in total. The molecule has 1 aromatic carbocycles. The van der Waals surface area contributed by atoms with Crippen molar-refractivity contribution in [3.63, 3.8) is 0 Å². The van der Waals surface area contributed by atoms with E-state index in [0.717, 1.165) is 42.3 Å². The molecule has 0 aliphatic carbocycles. The lowest BCUT2D eigenvalue weighted by atomic mass is 10.1. The van der Waals surface area contributed by atoms with Crippen LogP contribution in [-0.2, 0) is 24.3 Å². The van der Waals surface area contributed by atoms with Gasteiger partial charge in [0, 0.05) is 38.2 Å². The number of carbonyl (C=O) groups is 1. The highest BCUT2D eigenvalue weighted by atomic mass is 16.5. The molecule has 0 radical (unpaired) electrons. The average molecular weight is 329 g/mol. The Hall–Kier alpha value is -2.41. The number of benzene rings is 1. The Morgan fingerprint density at radius 3 is 3.04 bits per heavy atom. The molecule has 0 saturated heterocycles. The van der Waals surface area contributed by atoms with Crippen molar-refractivity contribution >= 4 is 5.91 Å². The van der Waals surface area contributed by atoms with Crippen LogP contribution in [0, 0.1) is 6.92 Å². The number of aromatic nitrogens is 3. The molecule has 2 N–H and O–H groups in total. The summed E-state index contributed by atoms with van der Waals surface area (Å²) in [6.07, 6.45) is 1.98. The summed E-state index contributed by atoms with van der Waals surface area (Å²) in [5, 5.41) is 14.5. The number of para-hydroxylation sites is 1. The lowest BCUT2D eigenvalue weighted by Gasteiger charge is -2.25. The van der Waals surface area contributed by atoms with Gasteiger partial charge in [-0.25, -0.2) is 0 Å². The number of fused-ring (bicyclic) bond motifs is 1. The molecule has 1 atom stereocenters. The third-order valence-electron chi connectivity index (χ3n) is 4.32. The van der Waals surface area contributed by atoms with Crippen molar-refractivity contribution in [3.8, 4) is 5.75 Å². The monoisotopic (exact) mass is 329 g/mol. The van der Waals surface area contributed by atoms with Crippen molar-refractivity contribution in [2.24, 2.45) is 0 Å². The summed E-state index contributed by atoms with van der Waals surface area (Å²) < 4.78 is 7.79. The zero-order chi connectivity index (χ0) is 16.9. The van der Waals surface area contributed by atoms with Crippen LogP contribution in [0.3, 0.4) is 0 Å². The van der Waals surface area contributed by atoms with Gasteiger partial charge in [-0.15, -0.1) is 10.2 Å². The van der Waals surface area contributed by atoms with Crippen LogP contribution in [-0.4, -0.2) is 40.4 Å². The average Bonchev–Trinajstić information content (AvgIpc) is 2.99. The Balaban J connectivity index is 1.59. The lowest BCUT2D eigenvalue weighted by Crippen LogP contribution is -2.37. The molecule has 0 saturated carbocycles. The maximum atomic E-state index is 11.4. The fourth-order valence-electron chi connectivity index (χ4n) is 2.89. The van der Waals surface area contributed by atoms with Gasteiger partial charge in [0.05, 0.1) is 0 Å². The number of amides is 1. The predicted molar refractivity (Wildman–Crippen MR) is 89.7 cm³/mol. The summed E-state index contributed by atoms with van der Waals surface area (Å²) in [6, 6.07) is 8.18.